The number of benzene rings is 4. The molecule has 10 heteroatoms. The van der Waals surface area contributed by atoms with E-state index in [0.717, 1.165) is 46.2 Å². The summed E-state index contributed by atoms with van der Waals surface area (Å²) in [5.41, 5.74) is 6.04. The fourth-order valence-electron chi connectivity index (χ4n) is 5.51. The van der Waals surface area contributed by atoms with Gasteiger partial charge in [-0.25, -0.2) is 24.3 Å². The quantitative estimate of drug-likeness (QED) is 0.0847. The predicted molar refractivity (Wildman–Crippen MR) is 183 cm³/mol. The second-order valence-corrected chi connectivity index (χ2v) is 13.3. The second-order valence-electron chi connectivity index (χ2n) is 11.4. The highest BCUT2D eigenvalue weighted by molar-refractivity contribution is 7.55. The van der Waals surface area contributed by atoms with Gasteiger partial charge in [-0.1, -0.05) is 105 Å². The van der Waals surface area contributed by atoms with Gasteiger partial charge in [0.25, 0.3) is 0 Å². The molecule has 0 bridgehead atoms. The van der Waals surface area contributed by atoms with Crippen molar-refractivity contribution in [2.24, 2.45) is 0 Å². The van der Waals surface area contributed by atoms with Gasteiger partial charge in [0, 0.05) is 25.4 Å². The Morgan fingerprint density at radius 1 is 0.723 bits per heavy atom. The van der Waals surface area contributed by atoms with Gasteiger partial charge in [0.2, 0.25) is 0 Å². The van der Waals surface area contributed by atoms with Gasteiger partial charge >= 0.3 is 19.7 Å². The van der Waals surface area contributed by atoms with Crippen molar-refractivity contribution >= 4 is 19.7 Å². The summed E-state index contributed by atoms with van der Waals surface area (Å²) in [5.74, 6) is -0.282. The maximum atomic E-state index is 13.3. The monoisotopic (exact) mass is 655 g/mol. The third kappa shape index (κ3) is 9.10. The first kappa shape index (κ1) is 33.9. The van der Waals surface area contributed by atoms with Gasteiger partial charge in [0.15, 0.2) is 0 Å². The molecule has 0 fully saturated rings. The van der Waals surface area contributed by atoms with E-state index >= 15 is 0 Å². The van der Waals surface area contributed by atoms with Gasteiger partial charge < -0.3 is 19.3 Å². The first-order valence-corrected chi connectivity index (χ1v) is 17.7. The van der Waals surface area contributed by atoms with Crippen LogP contribution < -0.4 is 20.0 Å². The predicted octanol–water partition coefficient (Wildman–Crippen LogP) is 7.37. The molecule has 1 aliphatic rings. The molecule has 0 heterocycles. The minimum atomic E-state index is -3.30. The summed E-state index contributed by atoms with van der Waals surface area (Å²) in [7, 11) is -3.30. The number of esters is 1. The van der Waals surface area contributed by atoms with Gasteiger partial charge in [0.05, 0.1) is 0 Å². The van der Waals surface area contributed by atoms with Gasteiger partial charge in [-0.15, -0.1) is 0 Å². The number of carbonyl (C=O) groups excluding carboxylic acids is 2. The summed E-state index contributed by atoms with van der Waals surface area (Å²) in [6.07, 6.45) is 1.05. The van der Waals surface area contributed by atoms with Crippen molar-refractivity contribution in [3.63, 3.8) is 0 Å². The lowest BCUT2D eigenvalue weighted by atomic mass is 9.98. The number of ether oxygens (including phenoxy) is 2. The van der Waals surface area contributed by atoms with E-state index in [9.17, 15) is 14.2 Å². The molecule has 0 unspecified atom stereocenters. The molecule has 0 aromatic heterocycles. The highest BCUT2D eigenvalue weighted by Crippen LogP contribution is 2.44. The van der Waals surface area contributed by atoms with Crippen molar-refractivity contribution in [2.45, 2.75) is 51.7 Å². The van der Waals surface area contributed by atoms with Crippen LogP contribution in [0.1, 0.15) is 54.9 Å². The number of carbonyl (C=O) groups is 2. The second kappa shape index (κ2) is 16.4. The van der Waals surface area contributed by atoms with Crippen molar-refractivity contribution in [3.8, 4) is 16.9 Å². The van der Waals surface area contributed by atoms with Crippen LogP contribution in [0.5, 0.6) is 5.75 Å². The lowest BCUT2D eigenvalue weighted by Crippen LogP contribution is -2.43. The normalized spacial score (nSPS) is 12.9. The largest absolute Gasteiger partial charge is 0.459 e. The van der Waals surface area contributed by atoms with Crippen LogP contribution in [0, 0.1) is 0 Å². The first-order valence-electron chi connectivity index (χ1n) is 16.1. The lowest BCUT2D eigenvalue weighted by molar-refractivity contribution is -0.147. The molecule has 1 aliphatic carbocycles. The molecular weight excluding hydrogens is 613 g/mol. The van der Waals surface area contributed by atoms with Crippen LogP contribution in [0.4, 0.5) is 4.79 Å². The van der Waals surface area contributed by atoms with Crippen molar-refractivity contribution < 1.29 is 28.2 Å². The fraction of sp³-hybridized carbons (Fsp3) is 0.297. The Morgan fingerprint density at radius 3 is 1.89 bits per heavy atom. The molecule has 3 N–H and O–H groups in total. The molecule has 9 nitrogen and oxygen atoms in total. The highest BCUT2D eigenvalue weighted by Gasteiger charge is 2.30. The molecule has 47 heavy (non-hydrogen) atoms. The summed E-state index contributed by atoms with van der Waals surface area (Å²) >= 11 is 0. The number of fused-ring (bicyclic) bond motifs is 3. The molecule has 0 aliphatic heterocycles. The highest BCUT2D eigenvalue weighted by atomic mass is 31.2. The van der Waals surface area contributed by atoms with Gasteiger partial charge in [0.1, 0.15) is 25.0 Å². The Balaban J connectivity index is 1.26. The SMILES string of the molecule is CCCNP(=O)(NCCC)Oc1ccc(C[C@H](NC(=O)OCC2c3ccccc3-c3ccccc32)C(=O)OCc2ccccc2)cc1. The number of nitrogens with one attached hydrogen (secondary N) is 3. The summed E-state index contributed by atoms with van der Waals surface area (Å²) < 4.78 is 30.5. The zero-order valence-corrected chi connectivity index (χ0v) is 27.7. The van der Waals surface area contributed by atoms with Crippen molar-refractivity contribution in [1.29, 1.82) is 0 Å². The number of hydrogen-bond acceptors (Lipinski definition) is 6. The van der Waals surface area contributed by atoms with E-state index in [-0.39, 0.29) is 25.6 Å². The summed E-state index contributed by atoms with van der Waals surface area (Å²) in [6.45, 7) is 5.25. The minimum Gasteiger partial charge on any atom is -0.459 e. The fourth-order valence-corrected chi connectivity index (χ4v) is 7.21. The number of amides is 1. The molecule has 1 amide bonds. The van der Waals surface area contributed by atoms with Gasteiger partial charge in [-0.05, 0) is 58.4 Å². The van der Waals surface area contributed by atoms with E-state index in [1.54, 1.807) is 24.3 Å². The molecule has 4 aromatic rings. The molecule has 0 radical (unpaired) electrons. The van der Waals surface area contributed by atoms with Crippen molar-refractivity contribution in [3.05, 3.63) is 125 Å². The van der Waals surface area contributed by atoms with Crippen LogP contribution in [-0.2, 0) is 31.9 Å². The van der Waals surface area contributed by atoms with Gasteiger partial charge in [-0.3, -0.25) is 0 Å². The summed E-state index contributed by atoms with van der Waals surface area (Å²) in [5, 5.41) is 8.71. The molecule has 246 valence electrons. The standard InChI is InChI=1S/C37H42N3O6P/c1-3-22-38-47(43,39-23-4-2)46-29-20-18-27(19-21-29)24-35(36(41)44-25-28-12-6-5-7-13-28)40-37(42)45-26-34-32-16-10-8-14-30(32)31-15-9-11-17-33(31)34/h5-21,34-35H,3-4,22-26H2,1-2H3,(H,40,42)(H2,38,39,43)/t35-/m0/s1. The van der Waals surface area contributed by atoms with Crippen LogP contribution >= 0.6 is 7.67 Å². The van der Waals surface area contributed by atoms with Crippen LogP contribution in [0.25, 0.3) is 11.1 Å². The summed E-state index contributed by atoms with van der Waals surface area (Å²) in [6, 6.07) is 31.5. The maximum absolute atomic E-state index is 13.3. The Bertz CT molecular complexity index is 1620. The molecule has 4 aromatic carbocycles. The smallest absolute Gasteiger partial charge is 0.407 e. The molecule has 0 saturated heterocycles. The van der Waals surface area contributed by atoms with E-state index in [2.05, 4.69) is 39.8 Å². The Labute approximate surface area is 276 Å². The van der Waals surface area contributed by atoms with Crippen LogP contribution in [0.2, 0.25) is 0 Å². The van der Waals surface area contributed by atoms with Crippen molar-refractivity contribution in [2.75, 3.05) is 19.7 Å². The average molecular weight is 656 g/mol. The van der Waals surface area contributed by atoms with Gasteiger partial charge in [-0.2, -0.15) is 0 Å². The van der Waals surface area contributed by atoms with E-state index in [4.69, 9.17) is 14.0 Å². The molecular formula is C37H42N3O6P. The molecule has 0 spiro atoms. The topological polar surface area (TPSA) is 115 Å². The summed E-state index contributed by atoms with van der Waals surface area (Å²) in [4.78, 5) is 26.5. The molecule has 1 atom stereocenters. The Kier molecular flexibility index (Phi) is 11.8. The molecule has 0 saturated carbocycles. The Hall–Kier alpha value is -4.43. The lowest BCUT2D eigenvalue weighted by Gasteiger charge is -2.21. The van der Waals surface area contributed by atoms with E-state index < -0.39 is 25.8 Å². The zero-order valence-electron chi connectivity index (χ0n) is 26.8. The number of rotatable bonds is 16. The number of alkyl carbamates (subject to hydrolysis) is 1. The third-order valence-corrected chi connectivity index (χ3v) is 9.63. The van der Waals surface area contributed by atoms with Crippen LogP contribution in [0.15, 0.2) is 103 Å². The zero-order chi connectivity index (χ0) is 33.1. The maximum Gasteiger partial charge on any atom is 0.407 e. The van der Waals surface area contributed by atoms with Crippen molar-refractivity contribution in [1.82, 2.24) is 15.5 Å². The van der Waals surface area contributed by atoms with E-state index in [0.29, 0.717) is 18.8 Å². The van der Waals surface area contributed by atoms with E-state index in [1.165, 1.54) is 0 Å². The van der Waals surface area contributed by atoms with Crippen LogP contribution in [0.3, 0.4) is 0 Å². The minimum absolute atomic E-state index is 0.0696. The Morgan fingerprint density at radius 2 is 1.30 bits per heavy atom. The third-order valence-electron chi connectivity index (χ3n) is 7.88. The van der Waals surface area contributed by atoms with E-state index in [1.807, 2.05) is 68.4 Å². The van der Waals surface area contributed by atoms with Crippen LogP contribution in [-0.4, -0.2) is 37.8 Å². The first-order chi connectivity index (χ1) is 22.9. The number of hydrogen-bond donors (Lipinski definition) is 3. The average Bonchev–Trinajstić information content (AvgIpc) is 3.42. The molecule has 5 rings (SSSR count).